The summed E-state index contributed by atoms with van der Waals surface area (Å²) in [4.78, 5) is 9.76. The average Bonchev–Trinajstić information content (AvgIpc) is 3.10. The van der Waals surface area contributed by atoms with Crippen LogP contribution in [0.4, 0.5) is 0 Å². The van der Waals surface area contributed by atoms with Crippen molar-refractivity contribution in [2.45, 2.75) is 52.4 Å². The van der Waals surface area contributed by atoms with Gasteiger partial charge in [0.05, 0.1) is 0 Å². The van der Waals surface area contributed by atoms with Gasteiger partial charge in [-0.2, -0.15) is 0 Å². The van der Waals surface area contributed by atoms with E-state index in [4.69, 9.17) is 9.97 Å². The molecule has 0 saturated heterocycles. The Bertz CT molecular complexity index is 2530. The van der Waals surface area contributed by atoms with Crippen molar-refractivity contribution >= 4 is 43.1 Å². The van der Waals surface area contributed by atoms with Gasteiger partial charge >= 0.3 is 21.1 Å². The zero-order valence-electron chi connectivity index (χ0n) is 28.8. The molecular weight excluding hydrogens is 776 g/mol. The summed E-state index contributed by atoms with van der Waals surface area (Å²) in [6, 6.07) is 47.1. The van der Waals surface area contributed by atoms with Gasteiger partial charge in [-0.25, -0.2) is 0 Å². The van der Waals surface area contributed by atoms with Crippen molar-refractivity contribution in [1.82, 2.24) is 9.97 Å². The van der Waals surface area contributed by atoms with Gasteiger partial charge in [0.15, 0.2) is 0 Å². The summed E-state index contributed by atoms with van der Waals surface area (Å²) in [6.45, 7) is 13.5. The van der Waals surface area contributed by atoms with Crippen molar-refractivity contribution in [1.29, 1.82) is 0 Å². The molecule has 0 radical (unpaired) electrons. The van der Waals surface area contributed by atoms with Crippen LogP contribution in [0.1, 0.15) is 52.7 Å². The summed E-state index contributed by atoms with van der Waals surface area (Å²) >= 11 is 0. The van der Waals surface area contributed by atoms with Gasteiger partial charge in [0.25, 0.3) is 0 Å². The number of hydrogen-bond acceptors (Lipinski definition) is 2. The Morgan fingerprint density at radius 2 is 1.06 bits per heavy atom. The van der Waals surface area contributed by atoms with E-state index in [0.29, 0.717) is 0 Å². The summed E-state index contributed by atoms with van der Waals surface area (Å²) in [5.74, 6) is 0. The first kappa shape index (κ1) is 32.9. The molecule has 0 amide bonds. The van der Waals surface area contributed by atoms with Crippen LogP contribution in [-0.4, -0.2) is 9.97 Å². The molecule has 0 bridgehead atoms. The number of hydrogen-bond donors (Lipinski definition) is 0. The average molecular weight is 814 g/mol. The van der Waals surface area contributed by atoms with E-state index in [1.54, 1.807) is 0 Å². The van der Waals surface area contributed by atoms with Crippen molar-refractivity contribution in [3.05, 3.63) is 145 Å². The SMILES string of the molecule is CC(C)(C)c1ccnc(-c2[c-]c3c(-c4[c-]c(-c5cc(C(C)(C)C)ccn5)c5c6ccccc6c6ccccc6c5c4)cccc3cc2)c1.[Pt+2]. The molecule has 0 saturated carbocycles. The normalized spacial score (nSPS) is 12.1. The zero-order valence-corrected chi connectivity index (χ0v) is 31.0. The van der Waals surface area contributed by atoms with Crippen LogP contribution in [0.5, 0.6) is 0 Å². The van der Waals surface area contributed by atoms with Gasteiger partial charge in [0.2, 0.25) is 0 Å². The van der Waals surface area contributed by atoms with Gasteiger partial charge in [-0.3, -0.25) is 9.97 Å². The van der Waals surface area contributed by atoms with E-state index in [-0.39, 0.29) is 31.9 Å². The molecule has 8 rings (SSSR count). The number of rotatable bonds is 3. The molecule has 49 heavy (non-hydrogen) atoms. The van der Waals surface area contributed by atoms with Crippen LogP contribution in [0.2, 0.25) is 0 Å². The molecule has 3 heteroatoms. The summed E-state index contributed by atoms with van der Waals surface area (Å²) in [6.07, 6.45) is 3.86. The minimum absolute atomic E-state index is 0. The molecule has 6 aromatic carbocycles. The first-order chi connectivity index (χ1) is 23.1. The molecular formula is C46H38N2Pt. The molecule has 0 N–H and O–H groups in total. The van der Waals surface area contributed by atoms with E-state index in [1.807, 2.05) is 12.4 Å². The summed E-state index contributed by atoms with van der Waals surface area (Å²) in [7, 11) is 0. The third-order valence-corrected chi connectivity index (χ3v) is 9.63. The Hall–Kier alpha value is -4.65. The van der Waals surface area contributed by atoms with Crippen molar-refractivity contribution < 1.29 is 21.1 Å². The Morgan fingerprint density at radius 1 is 0.490 bits per heavy atom. The zero-order chi connectivity index (χ0) is 33.2. The van der Waals surface area contributed by atoms with Crippen LogP contribution in [0.3, 0.4) is 0 Å². The van der Waals surface area contributed by atoms with Crippen LogP contribution in [0, 0.1) is 12.1 Å². The van der Waals surface area contributed by atoms with Gasteiger partial charge in [-0.05, 0) is 55.6 Å². The minimum Gasteiger partial charge on any atom is -0.295 e. The second-order valence-corrected chi connectivity index (χ2v) is 14.9. The number of fused-ring (bicyclic) bond motifs is 7. The molecule has 0 unspecified atom stereocenters. The Kier molecular flexibility index (Phi) is 8.28. The molecule has 2 nitrogen and oxygen atoms in total. The Labute approximate surface area is 303 Å². The first-order valence-corrected chi connectivity index (χ1v) is 16.7. The van der Waals surface area contributed by atoms with Crippen LogP contribution in [0.25, 0.3) is 76.7 Å². The summed E-state index contributed by atoms with van der Waals surface area (Å²) in [5.41, 5.74) is 8.50. The largest absolute Gasteiger partial charge is 2.00 e. The molecule has 0 fully saturated rings. The second-order valence-electron chi connectivity index (χ2n) is 14.9. The van der Waals surface area contributed by atoms with E-state index in [0.717, 1.165) is 44.4 Å². The molecule has 0 atom stereocenters. The van der Waals surface area contributed by atoms with Gasteiger partial charge < -0.3 is 0 Å². The predicted molar refractivity (Wildman–Crippen MR) is 203 cm³/mol. The van der Waals surface area contributed by atoms with Gasteiger partial charge in [-0.1, -0.05) is 153 Å². The quantitative estimate of drug-likeness (QED) is 0.131. The fourth-order valence-corrected chi connectivity index (χ4v) is 6.95. The van der Waals surface area contributed by atoms with E-state index in [1.165, 1.54) is 43.4 Å². The summed E-state index contributed by atoms with van der Waals surface area (Å²) in [5, 5.41) is 9.49. The van der Waals surface area contributed by atoms with E-state index in [2.05, 4.69) is 163 Å². The maximum Gasteiger partial charge on any atom is 2.00 e. The topological polar surface area (TPSA) is 25.8 Å². The molecule has 0 spiro atoms. The fourth-order valence-electron chi connectivity index (χ4n) is 6.95. The van der Waals surface area contributed by atoms with Crippen LogP contribution in [0.15, 0.2) is 122 Å². The third kappa shape index (κ3) is 5.87. The maximum atomic E-state index is 4.99. The van der Waals surface area contributed by atoms with E-state index < -0.39 is 0 Å². The van der Waals surface area contributed by atoms with Crippen molar-refractivity contribution in [2.24, 2.45) is 0 Å². The van der Waals surface area contributed by atoms with Crippen molar-refractivity contribution in [3.63, 3.8) is 0 Å². The van der Waals surface area contributed by atoms with E-state index >= 15 is 0 Å². The molecule has 0 aliphatic carbocycles. The van der Waals surface area contributed by atoms with Crippen LogP contribution < -0.4 is 0 Å². The Balaban J connectivity index is 0.00000378. The number of nitrogens with zero attached hydrogens (tertiary/aromatic N) is 2. The minimum atomic E-state index is -0.0147. The molecule has 8 aromatic rings. The fraction of sp³-hybridized carbons (Fsp3) is 0.174. The van der Waals surface area contributed by atoms with Gasteiger partial charge in [-0.15, -0.1) is 41.3 Å². The third-order valence-electron chi connectivity index (χ3n) is 9.63. The molecule has 2 aromatic heterocycles. The van der Waals surface area contributed by atoms with Gasteiger partial charge in [0, 0.05) is 23.8 Å². The Morgan fingerprint density at radius 3 is 1.71 bits per heavy atom. The number of aromatic nitrogens is 2. The number of pyridine rings is 2. The monoisotopic (exact) mass is 813 g/mol. The van der Waals surface area contributed by atoms with Crippen LogP contribution in [-0.2, 0) is 31.9 Å². The molecule has 0 aliphatic heterocycles. The summed E-state index contributed by atoms with van der Waals surface area (Å²) < 4.78 is 0. The standard InChI is InChI=1S/C46H38N2.Pt/c1-45(2,3)32-20-22-47-42(27-32)30-19-18-29-12-11-17-34(39(29)24-30)31-25-40-37-15-8-7-13-35(37)36-14-9-10-16-38(36)44(40)41(26-31)43-28-33(21-23-48-43)46(4,5)6;/h7-23,25,27-28H,1-6H3;/q-2;+2. The molecule has 0 aliphatic rings. The number of benzene rings is 6. The second kappa shape index (κ2) is 12.3. The molecule has 242 valence electrons. The van der Waals surface area contributed by atoms with Gasteiger partial charge in [0.1, 0.15) is 0 Å². The van der Waals surface area contributed by atoms with Crippen molar-refractivity contribution in [3.8, 4) is 33.6 Å². The molecule has 2 heterocycles. The maximum absolute atomic E-state index is 4.99. The van der Waals surface area contributed by atoms with Crippen LogP contribution >= 0.6 is 0 Å². The predicted octanol–water partition coefficient (Wildman–Crippen LogP) is 12.3. The smallest absolute Gasteiger partial charge is 0.295 e. The van der Waals surface area contributed by atoms with Crippen molar-refractivity contribution in [2.75, 3.05) is 0 Å². The van der Waals surface area contributed by atoms with E-state index in [9.17, 15) is 0 Å². The first-order valence-electron chi connectivity index (χ1n) is 16.7.